The quantitative estimate of drug-likeness (QED) is 0.798. The van der Waals surface area contributed by atoms with Gasteiger partial charge < -0.3 is 9.47 Å². The molecule has 17 heavy (non-hydrogen) atoms. The van der Waals surface area contributed by atoms with Gasteiger partial charge in [0, 0.05) is 28.8 Å². The summed E-state index contributed by atoms with van der Waals surface area (Å²) in [5, 5.41) is -0.777. The molecule has 0 saturated carbocycles. The molecule has 0 aliphatic heterocycles. The molecule has 0 N–H and O–H groups in total. The summed E-state index contributed by atoms with van der Waals surface area (Å²) in [7, 11) is 0. The Kier molecular flexibility index (Phi) is 4.74. The van der Waals surface area contributed by atoms with E-state index in [-0.39, 0.29) is 17.1 Å². The lowest BCUT2D eigenvalue weighted by molar-refractivity contribution is 0.108. The average molecular weight is 297 g/mol. The van der Waals surface area contributed by atoms with Crippen LogP contribution in [-0.4, -0.2) is 16.1 Å². The smallest absolute Gasteiger partial charge is 0.409 e. The van der Waals surface area contributed by atoms with E-state index in [9.17, 15) is 14.4 Å². The average Bonchev–Trinajstić information content (AvgIpc) is 2.18. The molecule has 5 nitrogen and oxygen atoms in total. The van der Waals surface area contributed by atoms with Gasteiger partial charge in [0.15, 0.2) is 11.5 Å². The molecule has 1 aromatic rings. The molecule has 0 spiro atoms. The molecular weight excluding hydrogens is 294 g/mol. The van der Waals surface area contributed by atoms with Gasteiger partial charge in [-0.15, -0.1) is 0 Å². The minimum atomic E-state index is -1.17. The first-order valence-electron chi connectivity index (χ1n) is 3.98. The summed E-state index contributed by atoms with van der Waals surface area (Å²) in [6.07, 6.45) is 0. The Hall–Kier alpha value is -1.30. The van der Waals surface area contributed by atoms with Gasteiger partial charge >= 0.3 is 10.9 Å². The first-order chi connectivity index (χ1) is 7.90. The minimum absolute atomic E-state index is 0.0361. The number of ether oxygens (including phenoxy) is 2. The van der Waals surface area contributed by atoms with E-state index in [2.05, 4.69) is 9.47 Å². The van der Waals surface area contributed by atoms with Gasteiger partial charge in [-0.3, -0.25) is 4.79 Å². The summed E-state index contributed by atoms with van der Waals surface area (Å²) in [6.45, 7) is 0. The lowest BCUT2D eigenvalue weighted by Gasteiger charge is -2.07. The van der Waals surface area contributed by atoms with Crippen molar-refractivity contribution < 1.29 is 23.9 Å². The van der Waals surface area contributed by atoms with E-state index in [0.29, 0.717) is 0 Å². The Morgan fingerprint density at radius 3 is 1.88 bits per heavy atom. The number of halogens is 3. The maximum atomic E-state index is 10.9. The van der Waals surface area contributed by atoms with Crippen molar-refractivity contribution in [2.75, 3.05) is 0 Å². The zero-order valence-electron chi connectivity index (χ0n) is 7.91. The summed E-state index contributed by atoms with van der Waals surface area (Å²) in [5.74, 6) is -0.411. The van der Waals surface area contributed by atoms with Gasteiger partial charge in [-0.2, -0.15) is 0 Å². The molecule has 0 radical (unpaired) electrons. The van der Waals surface area contributed by atoms with Crippen LogP contribution in [0, 0.1) is 0 Å². The third-order valence-corrected chi connectivity index (χ3v) is 1.92. The van der Waals surface area contributed by atoms with E-state index in [1.807, 2.05) is 0 Å². The van der Waals surface area contributed by atoms with Crippen molar-refractivity contribution in [1.29, 1.82) is 0 Å². The molecule has 0 saturated heterocycles. The number of hydrogen-bond acceptors (Lipinski definition) is 5. The summed E-state index contributed by atoms with van der Waals surface area (Å²) in [6, 6.07) is 3.53. The number of benzene rings is 1. The molecule has 8 heteroatoms. The Morgan fingerprint density at radius 1 is 0.882 bits per heavy atom. The molecule has 0 amide bonds. The molecule has 0 bridgehead atoms. The van der Waals surface area contributed by atoms with Crippen LogP contribution in [0.2, 0.25) is 0 Å². The zero-order valence-corrected chi connectivity index (χ0v) is 10.2. The summed E-state index contributed by atoms with van der Waals surface area (Å²) >= 11 is 15.2. The van der Waals surface area contributed by atoms with Crippen LogP contribution in [0.3, 0.4) is 0 Å². The lowest BCUT2D eigenvalue weighted by Crippen LogP contribution is -2.03. The Balaban J connectivity index is 3.15. The van der Waals surface area contributed by atoms with Crippen molar-refractivity contribution in [1.82, 2.24) is 0 Å². The van der Waals surface area contributed by atoms with Crippen LogP contribution in [0.5, 0.6) is 11.5 Å². The fourth-order valence-corrected chi connectivity index (χ4v) is 1.25. The molecule has 90 valence electrons. The van der Waals surface area contributed by atoms with Crippen molar-refractivity contribution in [3.8, 4) is 11.5 Å². The van der Waals surface area contributed by atoms with Crippen molar-refractivity contribution in [2.45, 2.75) is 0 Å². The Bertz CT molecular complexity index is 486. The van der Waals surface area contributed by atoms with Gasteiger partial charge in [0.05, 0.1) is 0 Å². The predicted molar refractivity (Wildman–Crippen MR) is 60.4 cm³/mol. The van der Waals surface area contributed by atoms with Crippen LogP contribution in [-0.2, 0) is 0 Å². The summed E-state index contributed by atoms with van der Waals surface area (Å²) in [4.78, 5) is 32.0. The van der Waals surface area contributed by atoms with E-state index < -0.39 is 16.1 Å². The molecular formula is C9H3Cl3O5. The van der Waals surface area contributed by atoms with Crippen molar-refractivity contribution in [3.63, 3.8) is 0 Å². The topological polar surface area (TPSA) is 69.7 Å². The molecule has 0 aliphatic carbocycles. The molecule has 0 aromatic heterocycles. The van der Waals surface area contributed by atoms with E-state index in [4.69, 9.17) is 34.8 Å². The van der Waals surface area contributed by atoms with Crippen LogP contribution in [0.25, 0.3) is 0 Å². The SMILES string of the molecule is O=C(Cl)Oc1ccc(C(=O)Cl)cc1OC(=O)Cl. The van der Waals surface area contributed by atoms with Crippen LogP contribution in [0.15, 0.2) is 18.2 Å². The molecule has 0 unspecified atom stereocenters. The first kappa shape index (κ1) is 13.8. The maximum absolute atomic E-state index is 10.9. The molecule has 1 aromatic carbocycles. The highest BCUT2D eigenvalue weighted by atomic mass is 35.5. The van der Waals surface area contributed by atoms with E-state index in [0.717, 1.165) is 6.07 Å². The zero-order chi connectivity index (χ0) is 13.0. The Labute approximate surface area is 110 Å². The van der Waals surface area contributed by atoms with Crippen LogP contribution < -0.4 is 9.47 Å². The summed E-state index contributed by atoms with van der Waals surface area (Å²) in [5.41, 5.74) is -2.27. The normalized spacial score (nSPS) is 9.59. The highest BCUT2D eigenvalue weighted by molar-refractivity contribution is 6.67. The van der Waals surface area contributed by atoms with Crippen LogP contribution in [0.1, 0.15) is 10.4 Å². The third kappa shape index (κ3) is 4.22. The number of carbonyl (C=O) groups is 3. The first-order valence-corrected chi connectivity index (χ1v) is 5.12. The lowest BCUT2D eigenvalue weighted by atomic mass is 10.2. The molecule has 0 atom stereocenters. The van der Waals surface area contributed by atoms with Gasteiger partial charge in [0.25, 0.3) is 5.24 Å². The maximum Gasteiger partial charge on any atom is 0.409 e. The minimum Gasteiger partial charge on any atom is -0.410 e. The van der Waals surface area contributed by atoms with Crippen molar-refractivity contribution in [2.24, 2.45) is 0 Å². The third-order valence-electron chi connectivity index (χ3n) is 1.55. The van der Waals surface area contributed by atoms with Gasteiger partial charge in [0.2, 0.25) is 0 Å². The van der Waals surface area contributed by atoms with Crippen LogP contribution in [0.4, 0.5) is 9.59 Å². The van der Waals surface area contributed by atoms with E-state index in [1.54, 1.807) is 0 Å². The standard InChI is InChI=1S/C9H3Cl3O5/c10-7(13)4-1-2-5(16-8(11)14)6(3-4)17-9(12)15/h1-3H. The van der Waals surface area contributed by atoms with Gasteiger partial charge in [-0.05, 0) is 29.8 Å². The van der Waals surface area contributed by atoms with E-state index >= 15 is 0 Å². The van der Waals surface area contributed by atoms with Crippen molar-refractivity contribution >= 4 is 50.9 Å². The largest absolute Gasteiger partial charge is 0.410 e. The van der Waals surface area contributed by atoms with Gasteiger partial charge in [-0.1, -0.05) is 0 Å². The second-order valence-electron chi connectivity index (χ2n) is 2.61. The van der Waals surface area contributed by atoms with Crippen molar-refractivity contribution in [3.05, 3.63) is 23.8 Å². The molecule has 0 fully saturated rings. The number of carbonyl (C=O) groups excluding carboxylic acids is 3. The monoisotopic (exact) mass is 296 g/mol. The summed E-state index contributed by atoms with van der Waals surface area (Å²) < 4.78 is 9.03. The molecule has 0 heterocycles. The van der Waals surface area contributed by atoms with E-state index in [1.165, 1.54) is 12.1 Å². The number of rotatable bonds is 3. The predicted octanol–water partition coefficient (Wildman–Crippen LogP) is 3.54. The molecule has 0 aliphatic rings. The second kappa shape index (κ2) is 5.86. The fourth-order valence-electron chi connectivity index (χ4n) is 0.967. The van der Waals surface area contributed by atoms with Gasteiger partial charge in [-0.25, -0.2) is 9.59 Å². The highest BCUT2D eigenvalue weighted by Crippen LogP contribution is 2.30. The van der Waals surface area contributed by atoms with Gasteiger partial charge in [0.1, 0.15) is 0 Å². The fraction of sp³-hybridized carbons (Fsp3) is 0. The highest BCUT2D eigenvalue weighted by Gasteiger charge is 2.14. The van der Waals surface area contributed by atoms with Crippen LogP contribution >= 0.6 is 34.8 Å². The molecule has 1 rings (SSSR count). The Morgan fingerprint density at radius 2 is 1.41 bits per heavy atom. The number of hydrogen-bond donors (Lipinski definition) is 0. The second-order valence-corrected chi connectivity index (χ2v) is 3.58.